The maximum atomic E-state index is 5.75. The van der Waals surface area contributed by atoms with Crippen molar-refractivity contribution in [3.63, 3.8) is 0 Å². The van der Waals surface area contributed by atoms with E-state index in [0.717, 1.165) is 30.2 Å². The van der Waals surface area contributed by atoms with Crippen LogP contribution < -0.4 is 5.73 Å². The Morgan fingerprint density at radius 3 is 2.81 bits per heavy atom. The van der Waals surface area contributed by atoms with Crippen molar-refractivity contribution in [2.45, 2.75) is 31.7 Å². The fourth-order valence-electron chi connectivity index (χ4n) is 1.58. The lowest BCUT2D eigenvalue weighted by atomic mass is 10.2. The van der Waals surface area contributed by atoms with Crippen LogP contribution in [0.1, 0.15) is 23.4 Å². The normalized spacial score (nSPS) is 10.8. The zero-order valence-corrected chi connectivity index (χ0v) is 11.1. The molecule has 0 bridgehead atoms. The third-order valence-electron chi connectivity index (χ3n) is 2.37. The fourth-order valence-corrected chi connectivity index (χ4v) is 2.72. The predicted molar refractivity (Wildman–Crippen MR) is 68.8 cm³/mol. The molecule has 0 atom stereocenters. The van der Waals surface area contributed by atoms with E-state index in [9.17, 15) is 0 Å². The molecule has 1 heterocycles. The zero-order valence-electron chi connectivity index (χ0n) is 10.2. The highest BCUT2D eigenvalue weighted by Crippen LogP contribution is 2.25. The summed E-state index contributed by atoms with van der Waals surface area (Å²) in [6, 6.07) is 2.12. The van der Waals surface area contributed by atoms with Crippen LogP contribution in [-0.4, -0.2) is 24.5 Å². The van der Waals surface area contributed by atoms with Crippen molar-refractivity contribution in [2.75, 3.05) is 19.5 Å². The molecule has 2 N–H and O–H groups in total. The van der Waals surface area contributed by atoms with Crippen LogP contribution in [0.3, 0.4) is 0 Å². The van der Waals surface area contributed by atoms with E-state index in [2.05, 4.69) is 11.1 Å². The summed E-state index contributed by atoms with van der Waals surface area (Å²) >= 11 is 1.84. The summed E-state index contributed by atoms with van der Waals surface area (Å²) in [6.45, 7) is 5.42. The van der Waals surface area contributed by atoms with E-state index in [1.54, 1.807) is 7.11 Å². The number of pyridine rings is 1. The maximum Gasteiger partial charge on any atom is 0.0470 e. The third kappa shape index (κ3) is 3.77. The van der Waals surface area contributed by atoms with Crippen LogP contribution in [0.2, 0.25) is 0 Å². The molecular weight excluding hydrogens is 220 g/mol. The quantitative estimate of drug-likeness (QED) is 0.612. The van der Waals surface area contributed by atoms with Gasteiger partial charge in [0.2, 0.25) is 0 Å². The summed E-state index contributed by atoms with van der Waals surface area (Å²) in [5.41, 5.74) is 9.04. The second-order valence-electron chi connectivity index (χ2n) is 3.72. The molecule has 0 spiro atoms. The van der Waals surface area contributed by atoms with Gasteiger partial charge in [-0.1, -0.05) is 0 Å². The predicted octanol–water partition coefficient (Wildman–Crippen LogP) is 2.29. The van der Waals surface area contributed by atoms with Crippen molar-refractivity contribution in [1.29, 1.82) is 0 Å². The summed E-state index contributed by atoms with van der Waals surface area (Å²) in [5, 5.41) is 0. The Kier molecular flexibility index (Phi) is 5.80. The molecule has 16 heavy (non-hydrogen) atoms. The second kappa shape index (κ2) is 6.89. The van der Waals surface area contributed by atoms with Crippen LogP contribution in [0.25, 0.3) is 0 Å². The van der Waals surface area contributed by atoms with Gasteiger partial charge in [0.25, 0.3) is 0 Å². The molecule has 0 saturated heterocycles. The monoisotopic (exact) mass is 240 g/mol. The lowest BCUT2D eigenvalue weighted by molar-refractivity contribution is 0.200. The van der Waals surface area contributed by atoms with E-state index < -0.39 is 0 Å². The van der Waals surface area contributed by atoms with Gasteiger partial charge in [-0.2, -0.15) is 0 Å². The van der Waals surface area contributed by atoms with Gasteiger partial charge in [-0.3, -0.25) is 4.98 Å². The van der Waals surface area contributed by atoms with Crippen molar-refractivity contribution < 1.29 is 4.74 Å². The van der Waals surface area contributed by atoms with Crippen molar-refractivity contribution in [3.8, 4) is 0 Å². The Morgan fingerprint density at radius 1 is 1.44 bits per heavy atom. The molecule has 1 aromatic heterocycles. The van der Waals surface area contributed by atoms with Gasteiger partial charge in [0.05, 0.1) is 0 Å². The Bertz CT molecular complexity index is 342. The van der Waals surface area contributed by atoms with Gasteiger partial charge in [-0.05, 0) is 26.3 Å². The first-order valence-corrected chi connectivity index (χ1v) is 6.46. The molecule has 0 fully saturated rings. The summed E-state index contributed by atoms with van der Waals surface area (Å²) in [6.07, 6.45) is 1.06. The Labute approximate surface area is 102 Å². The number of aromatic nitrogens is 1. The van der Waals surface area contributed by atoms with Gasteiger partial charge in [0.1, 0.15) is 0 Å². The van der Waals surface area contributed by atoms with Gasteiger partial charge in [-0.15, -0.1) is 11.8 Å². The maximum absolute atomic E-state index is 5.75. The molecule has 0 amide bonds. The molecule has 1 aromatic rings. The Morgan fingerprint density at radius 2 is 2.19 bits per heavy atom. The molecule has 0 aliphatic rings. The summed E-state index contributed by atoms with van der Waals surface area (Å²) in [4.78, 5) is 5.70. The second-order valence-corrected chi connectivity index (χ2v) is 4.86. The molecule has 0 aromatic carbocycles. The summed E-state index contributed by atoms with van der Waals surface area (Å²) < 4.78 is 5.03. The Hall–Kier alpha value is -0.580. The number of nitrogens with two attached hydrogens (primary N) is 1. The SMILES string of the molecule is COCCCSc1cc(C)nc(C)c1CN. The number of rotatable bonds is 6. The molecule has 3 nitrogen and oxygen atoms in total. The minimum absolute atomic E-state index is 0.561. The molecule has 1 rings (SSSR count). The van der Waals surface area contributed by atoms with E-state index in [1.165, 1.54) is 10.5 Å². The van der Waals surface area contributed by atoms with Gasteiger partial charge in [-0.25, -0.2) is 0 Å². The zero-order chi connectivity index (χ0) is 12.0. The standard InChI is InChI=1S/C12H20N2OS/c1-9-7-12(16-6-4-5-15-3)11(8-13)10(2)14-9/h7H,4-6,8,13H2,1-3H3. The highest BCUT2D eigenvalue weighted by molar-refractivity contribution is 7.99. The fraction of sp³-hybridized carbons (Fsp3) is 0.583. The third-order valence-corrected chi connectivity index (χ3v) is 3.54. The largest absolute Gasteiger partial charge is 0.385 e. The van der Waals surface area contributed by atoms with Crippen LogP contribution >= 0.6 is 11.8 Å². The lowest BCUT2D eigenvalue weighted by Crippen LogP contribution is -2.04. The average molecular weight is 240 g/mol. The number of methoxy groups -OCH3 is 1. The lowest BCUT2D eigenvalue weighted by Gasteiger charge is -2.11. The van der Waals surface area contributed by atoms with E-state index in [-0.39, 0.29) is 0 Å². The highest BCUT2D eigenvalue weighted by atomic mass is 32.2. The number of ether oxygens (including phenoxy) is 1. The molecule has 0 unspecified atom stereocenters. The van der Waals surface area contributed by atoms with Crippen LogP contribution in [0, 0.1) is 13.8 Å². The number of thioether (sulfide) groups is 1. The summed E-state index contributed by atoms with van der Waals surface area (Å²) in [5.74, 6) is 1.06. The first kappa shape index (κ1) is 13.5. The number of nitrogens with zero attached hydrogens (tertiary/aromatic N) is 1. The van der Waals surface area contributed by atoms with Crippen molar-refractivity contribution in [3.05, 3.63) is 23.0 Å². The van der Waals surface area contributed by atoms with Crippen LogP contribution in [0.15, 0.2) is 11.0 Å². The minimum Gasteiger partial charge on any atom is -0.385 e. The molecule has 0 saturated carbocycles. The van der Waals surface area contributed by atoms with E-state index >= 15 is 0 Å². The topological polar surface area (TPSA) is 48.1 Å². The van der Waals surface area contributed by atoms with Crippen molar-refractivity contribution in [1.82, 2.24) is 4.98 Å². The molecule has 0 aliphatic carbocycles. The van der Waals surface area contributed by atoms with E-state index in [1.807, 2.05) is 25.6 Å². The molecule has 0 aliphatic heterocycles. The van der Waals surface area contributed by atoms with Gasteiger partial charge >= 0.3 is 0 Å². The van der Waals surface area contributed by atoms with Gasteiger partial charge in [0.15, 0.2) is 0 Å². The van der Waals surface area contributed by atoms with Crippen LogP contribution in [0.4, 0.5) is 0 Å². The van der Waals surface area contributed by atoms with E-state index in [4.69, 9.17) is 10.5 Å². The first-order chi connectivity index (χ1) is 7.69. The Balaban J connectivity index is 2.69. The van der Waals surface area contributed by atoms with Gasteiger partial charge in [0, 0.05) is 47.9 Å². The number of hydrogen-bond acceptors (Lipinski definition) is 4. The first-order valence-electron chi connectivity index (χ1n) is 5.48. The number of aryl methyl sites for hydroxylation is 2. The van der Waals surface area contributed by atoms with Crippen molar-refractivity contribution in [2.24, 2.45) is 5.73 Å². The molecule has 4 heteroatoms. The molecular formula is C12H20N2OS. The highest BCUT2D eigenvalue weighted by Gasteiger charge is 2.07. The average Bonchev–Trinajstić information content (AvgIpc) is 2.24. The smallest absolute Gasteiger partial charge is 0.0470 e. The number of hydrogen-bond donors (Lipinski definition) is 1. The van der Waals surface area contributed by atoms with Crippen molar-refractivity contribution >= 4 is 11.8 Å². The van der Waals surface area contributed by atoms with Crippen LogP contribution in [-0.2, 0) is 11.3 Å². The molecule has 90 valence electrons. The van der Waals surface area contributed by atoms with Gasteiger partial charge < -0.3 is 10.5 Å². The summed E-state index contributed by atoms with van der Waals surface area (Å²) in [7, 11) is 1.73. The van der Waals surface area contributed by atoms with E-state index in [0.29, 0.717) is 6.54 Å². The molecule has 0 radical (unpaired) electrons. The van der Waals surface area contributed by atoms with Crippen LogP contribution in [0.5, 0.6) is 0 Å². The minimum atomic E-state index is 0.561.